The van der Waals surface area contributed by atoms with Gasteiger partial charge in [-0.15, -0.1) is 0 Å². The van der Waals surface area contributed by atoms with Crippen molar-refractivity contribution >= 4 is 16.6 Å². The topological polar surface area (TPSA) is 54.4 Å². The van der Waals surface area contributed by atoms with Crippen molar-refractivity contribution in [2.45, 2.75) is 39.0 Å². The minimum Gasteiger partial charge on any atom is -0.511 e. The van der Waals surface area contributed by atoms with E-state index in [-0.39, 0.29) is 22.4 Å². The van der Waals surface area contributed by atoms with Gasteiger partial charge in [0.15, 0.2) is 5.78 Å². The Hall–Kier alpha value is -0.640. The van der Waals surface area contributed by atoms with Gasteiger partial charge in [-0.1, -0.05) is 19.3 Å². The van der Waals surface area contributed by atoms with Crippen LogP contribution in [-0.4, -0.2) is 21.4 Å². The van der Waals surface area contributed by atoms with Gasteiger partial charge in [0.05, 0.1) is 10.8 Å². The Labute approximate surface area is 93.0 Å². The molecule has 1 aliphatic rings. The maximum absolute atomic E-state index is 11.3. The second kappa shape index (κ2) is 5.45. The zero-order valence-corrected chi connectivity index (χ0v) is 10.1. The summed E-state index contributed by atoms with van der Waals surface area (Å²) < 4.78 is 11.3. The smallest absolute Gasteiger partial charge is 0.172 e. The van der Waals surface area contributed by atoms with Crippen LogP contribution in [0, 0.1) is 5.92 Å². The van der Waals surface area contributed by atoms with Crippen molar-refractivity contribution in [3.05, 3.63) is 10.7 Å². The van der Waals surface area contributed by atoms with Gasteiger partial charge in [-0.3, -0.25) is 9.00 Å². The van der Waals surface area contributed by atoms with E-state index in [0.717, 1.165) is 25.7 Å². The predicted octanol–water partition coefficient (Wildman–Crippen LogP) is 2.30. The van der Waals surface area contributed by atoms with Crippen LogP contribution in [0.1, 0.15) is 39.0 Å². The van der Waals surface area contributed by atoms with Crippen molar-refractivity contribution < 1.29 is 14.1 Å². The van der Waals surface area contributed by atoms with Gasteiger partial charge in [-0.25, -0.2) is 0 Å². The van der Waals surface area contributed by atoms with E-state index in [1.807, 2.05) is 0 Å². The molecular formula is C11H18O3S. The van der Waals surface area contributed by atoms with Crippen LogP contribution in [0.5, 0.6) is 0 Å². The van der Waals surface area contributed by atoms with Crippen molar-refractivity contribution in [3.63, 3.8) is 0 Å². The number of carbonyl (C=O) groups excluding carboxylic acids is 1. The van der Waals surface area contributed by atoms with Gasteiger partial charge in [-0.2, -0.15) is 0 Å². The molecule has 3 nitrogen and oxygen atoms in total. The lowest BCUT2D eigenvalue weighted by Gasteiger charge is -2.22. The molecule has 1 N–H and O–H groups in total. The third-order valence-electron chi connectivity index (χ3n) is 2.83. The minimum atomic E-state index is -1.39. The zero-order valence-electron chi connectivity index (χ0n) is 9.28. The molecule has 1 rings (SSSR count). The molecule has 15 heavy (non-hydrogen) atoms. The van der Waals surface area contributed by atoms with E-state index in [9.17, 15) is 14.1 Å². The largest absolute Gasteiger partial charge is 0.511 e. The van der Waals surface area contributed by atoms with Crippen LogP contribution in [0.15, 0.2) is 10.7 Å². The number of hydrogen-bond donors (Lipinski definition) is 1. The highest BCUT2D eigenvalue weighted by molar-refractivity contribution is 7.89. The maximum atomic E-state index is 11.3. The van der Waals surface area contributed by atoms with E-state index in [1.165, 1.54) is 19.6 Å². The Morgan fingerprint density at radius 1 is 1.27 bits per heavy atom. The summed E-state index contributed by atoms with van der Waals surface area (Å²) in [5, 5.41) is 9.94. The Balaban J connectivity index is 2.92. The lowest BCUT2D eigenvalue weighted by molar-refractivity contribution is -0.113. The molecule has 0 radical (unpaired) electrons. The van der Waals surface area contributed by atoms with Gasteiger partial charge in [0.25, 0.3) is 0 Å². The zero-order chi connectivity index (χ0) is 11.4. The normalized spacial score (nSPS) is 22.0. The van der Waals surface area contributed by atoms with E-state index in [0.29, 0.717) is 0 Å². The third kappa shape index (κ3) is 3.16. The highest BCUT2D eigenvalue weighted by Gasteiger charge is 2.24. The van der Waals surface area contributed by atoms with Crippen LogP contribution in [0.4, 0.5) is 0 Å². The molecule has 1 fully saturated rings. The average Bonchev–Trinajstić information content (AvgIpc) is 2.18. The van der Waals surface area contributed by atoms with E-state index in [1.54, 1.807) is 0 Å². The average molecular weight is 230 g/mol. The molecular weight excluding hydrogens is 212 g/mol. The summed E-state index contributed by atoms with van der Waals surface area (Å²) >= 11 is 0. The molecule has 1 saturated carbocycles. The van der Waals surface area contributed by atoms with E-state index in [4.69, 9.17) is 0 Å². The first-order chi connectivity index (χ1) is 7.04. The van der Waals surface area contributed by atoms with Crippen LogP contribution < -0.4 is 0 Å². The molecule has 1 aliphatic carbocycles. The first-order valence-corrected chi connectivity index (χ1v) is 6.87. The molecule has 0 aromatic heterocycles. The van der Waals surface area contributed by atoms with E-state index >= 15 is 0 Å². The van der Waals surface area contributed by atoms with E-state index < -0.39 is 10.8 Å². The highest BCUT2D eigenvalue weighted by atomic mass is 32.2. The first-order valence-electron chi connectivity index (χ1n) is 5.31. The molecule has 0 aromatic carbocycles. The van der Waals surface area contributed by atoms with Gasteiger partial charge in [-0.05, 0) is 19.8 Å². The van der Waals surface area contributed by atoms with Crippen LogP contribution in [0.25, 0.3) is 0 Å². The summed E-state index contributed by atoms with van der Waals surface area (Å²) in [5.41, 5.74) is 0. The van der Waals surface area contributed by atoms with Gasteiger partial charge in [0.2, 0.25) is 0 Å². The number of Topliss-reactive ketones (excluding diaryl/α,β-unsaturated/α-hetero) is 1. The summed E-state index contributed by atoms with van der Waals surface area (Å²) in [4.78, 5) is 11.4. The van der Waals surface area contributed by atoms with Crippen LogP contribution >= 0.6 is 0 Å². The molecule has 0 amide bonds. The summed E-state index contributed by atoms with van der Waals surface area (Å²) in [7, 11) is -1.39. The standard InChI is InChI=1S/C11H18O3S/c1-8(12)11(15(2)14)10(13)9-6-4-3-5-7-9/h9,13H,3-7H2,1-2H3/b11-10+. The number of hydrogen-bond acceptors (Lipinski definition) is 3. The molecule has 1 atom stereocenters. The van der Waals surface area contributed by atoms with Gasteiger partial charge in [0, 0.05) is 12.2 Å². The molecule has 0 aromatic rings. The van der Waals surface area contributed by atoms with Gasteiger partial charge >= 0.3 is 0 Å². The van der Waals surface area contributed by atoms with Crippen molar-refractivity contribution in [3.8, 4) is 0 Å². The van der Waals surface area contributed by atoms with Crippen molar-refractivity contribution in [2.24, 2.45) is 5.92 Å². The third-order valence-corrected chi connectivity index (χ3v) is 3.90. The first kappa shape index (κ1) is 12.4. The summed E-state index contributed by atoms with van der Waals surface area (Å²) in [6.45, 7) is 1.36. The number of aliphatic hydroxyl groups is 1. The highest BCUT2D eigenvalue weighted by Crippen LogP contribution is 2.30. The molecule has 0 bridgehead atoms. The van der Waals surface area contributed by atoms with Crippen molar-refractivity contribution in [1.82, 2.24) is 0 Å². The lowest BCUT2D eigenvalue weighted by atomic mass is 9.87. The summed E-state index contributed by atoms with van der Waals surface area (Å²) in [6, 6.07) is 0. The Bertz CT molecular complexity index is 285. The monoisotopic (exact) mass is 230 g/mol. The number of ketones is 1. The Morgan fingerprint density at radius 3 is 2.20 bits per heavy atom. The van der Waals surface area contributed by atoms with Gasteiger partial charge < -0.3 is 5.11 Å². The quantitative estimate of drug-likeness (QED) is 0.598. The number of carbonyl (C=O) groups is 1. The Kier molecular flexibility index (Phi) is 4.51. The van der Waals surface area contributed by atoms with Crippen molar-refractivity contribution in [2.75, 3.05) is 6.26 Å². The summed E-state index contributed by atoms with van der Waals surface area (Å²) in [5.74, 6) is -0.163. The fraction of sp³-hybridized carbons (Fsp3) is 0.727. The fourth-order valence-corrected chi connectivity index (χ4v) is 2.96. The van der Waals surface area contributed by atoms with Crippen molar-refractivity contribution in [1.29, 1.82) is 0 Å². The van der Waals surface area contributed by atoms with Crippen LogP contribution in [-0.2, 0) is 15.6 Å². The minimum absolute atomic E-state index is 0.0431. The second-order valence-electron chi connectivity index (χ2n) is 4.06. The molecule has 0 aliphatic heterocycles. The molecule has 86 valence electrons. The molecule has 0 heterocycles. The molecule has 1 unspecified atom stereocenters. The second-order valence-corrected chi connectivity index (χ2v) is 5.38. The molecule has 0 saturated heterocycles. The Morgan fingerprint density at radius 2 is 1.80 bits per heavy atom. The molecule has 4 heteroatoms. The fourth-order valence-electron chi connectivity index (χ4n) is 2.09. The van der Waals surface area contributed by atoms with E-state index in [2.05, 4.69) is 0 Å². The van der Waals surface area contributed by atoms with Gasteiger partial charge in [0.1, 0.15) is 10.7 Å². The molecule has 0 spiro atoms. The lowest BCUT2D eigenvalue weighted by Crippen LogP contribution is -2.15. The maximum Gasteiger partial charge on any atom is 0.172 e. The predicted molar refractivity (Wildman–Crippen MR) is 61.0 cm³/mol. The number of rotatable bonds is 3. The number of allylic oxidation sites excluding steroid dienone is 2. The SMILES string of the molecule is CC(=O)/C(=C(\O)C1CCCCC1)S(C)=O. The number of aliphatic hydroxyl groups excluding tert-OH is 1. The van der Waals surface area contributed by atoms with Crippen LogP contribution in [0.2, 0.25) is 0 Å². The van der Waals surface area contributed by atoms with Crippen LogP contribution in [0.3, 0.4) is 0 Å². The summed E-state index contributed by atoms with van der Waals surface area (Å²) in [6.07, 6.45) is 6.59.